The lowest BCUT2D eigenvalue weighted by Gasteiger charge is -2.33. The molecule has 0 aromatic heterocycles. The normalized spacial score (nSPS) is 15.2. The smallest absolute Gasteiger partial charge is 0.423 e. The van der Waals surface area contributed by atoms with E-state index in [4.69, 9.17) is 6.42 Å². The van der Waals surface area contributed by atoms with Gasteiger partial charge in [-0.05, 0) is 39.7 Å². The van der Waals surface area contributed by atoms with Crippen molar-refractivity contribution in [3.05, 3.63) is 24.0 Å². The van der Waals surface area contributed by atoms with Gasteiger partial charge in [0.1, 0.15) is 5.82 Å². The lowest BCUT2D eigenvalue weighted by Crippen LogP contribution is -2.51. The molecule has 0 spiro atoms. The van der Waals surface area contributed by atoms with Crippen LogP contribution in [-0.2, 0) is 4.79 Å². The van der Waals surface area contributed by atoms with Crippen molar-refractivity contribution in [1.29, 1.82) is 0 Å². The number of terminal acetylenes is 1. The number of hydrogen-bond acceptors (Lipinski definition) is 2. The van der Waals surface area contributed by atoms with Crippen molar-refractivity contribution in [2.24, 2.45) is 0 Å². The van der Waals surface area contributed by atoms with E-state index < -0.39 is 17.8 Å². The van der Waals surface area contributed by atoms with Crippen molar-refractivity contribution in [2.75, 3.05) is 11.4 Å². The standard InChI is InChI=1S/C17H14F3NO2P4/c1-2-3-21-8-4-7(13-11(25)6-12(26)15(27)14(13)18)10(24)5-9(8)23-17(19,20)16(21)22/h1,4-6H,3,24-27H2. The van der Waals surface area contributed by atoms with Crippen molar-refractivity contribution >= 4 is 69.8 Å². The highest BCUT2D eigenvalue weighted by Crippen LogP contribution is 2.41. The van der Waals surface area contributed by atoms with E-state index in [9.17, 15) is 18.0 Å². The number of amides is 1. The molecule has 0 N–H and O–H groups in total. The van der Waals surface area contributed by atoms with E-state index in [0.717, 1.165) is 4.90 Å². The van der Waals surface area contributed by atoms with E-state index in [1.54, 1.807) is 6.07 Å². The molecule has 1 aliphatic heterocycles. The predicted molar refractivity (Wildman–Crippen MR) is 116 cm³/mol. The van der Waals surface area contributed by atoms with Gasteiger partial charge in [-0.15, -0.1) is 43.4 Å². The summed E-state index contributed by atoms with van der Waals surface area (Å²) in [7, 11) is 9.60. The van der Waals surface area contributed by atoms with Gasteiger partial charge in [0, 0.05) is 10.9 Å². The summed E-state index contributed by atoms with van der Waals surface area (Å²) < 4.78 is 47.3. The van der Waals surface area contributed by atoms with Crippen molar-refractivity contribution in [2.45, 2.75) is 6.11 Å². The molecule has 0 radical (unpaired) electrons. The Morgan fingerprint density at radius 3 is 2.41 bits per heavy atom. The molecule has 3 rings (SSSR count). The number of rotatable bonds is 2. The van der Waals surface area contributed by atoms with Gasteiger partial charge in [-0.1, -0.05) is 5.92 Å². The van der Waals surface area contributed by atoms with Crippen LogP contribution in [-0.4, -0.2) is 18.6 Å². The summed E-state index contributed by atoms with van der Waals surface area (Å²) in [5, 5.41) is 2.04. The summed E-state index contributed by atoms with van der Waals surface area (Å²) >= 11 is 0. The first-order valence-electron chi connectivity index (χ1n) is 7.47. The largest absolute Gasteiger partial charge is 0.483 e. The quantitative estimate of drug-likeness (QED) is 0.518. The molecular weight excluding hydrogens is 431 g/mol. The Morgan fingerprint density at radius 2 is 1.78 bits per heavy atom. The highest BCUT2D eigenvalue weighted by molar-refractivity contribution is 7.36. The van der Waals surface area contributed by atoms with Gasteiger partial charge in [0.15, 0.2) is 5.75 Å². The molecule has 0 saturated carbocycles. The van der Waals surface area contributed by atoms with Crippen LogP contribution in [0.1, 0.15) is 0 Å². The maximum absolute atomic E-state index is 14.9. The molecule has 10 heteroatoms. The van der Waals surface area contributed by atoms with Gasteiger partial charge < -0.3 is 4.74 Å². The number of ether oxygens (including phenoxy) is 1. The molecule has 0 saturated heterocycles. The summed E-state index contributed by atoms with van der Waals surface area (Å²) in [6.07, 6.45) is 1.21. The van der Waals surface area contributed by atoms with Crippen LogP contribution < -0.4 is 30.9 Å². The molecule has 1 heterocycles. The van der Waals surface area contributed by atoms with Gasteiger partial charge in [-0.25, -0.2) is 4.39 Å². The van der Waals surface area contributed by atoms with Crippen LogP contribution in [0.15, 0.2) is 18.2 Å². The molecule has 0 aliphatic carbocycles. The highest BCUT2D eigenvalue weighted by Gasteiger charge is 2.50. The second-order valence-electron chi connectivity index (χ2n) is 5.78. The minimum atomic E-state index is -4.02. The fraction of sp³-hybridized carbons (Fsp3) is 0.118. The third-order valence-electron chi connectivity index (χ3n) is 4.04. The topological polar surface area (TPSA) is 29.5 Å². The number of alkyl halides is 2. The molecule has 1 aliphatic rings. The van der Waals surface area contributed by atoms with Crippen LogP contribution in [0.2, 0.25) is 0 Å². The van der Waals surface area contributed by atoms with E-state index in [2.05, 4.69) is 47.6 Å². The minimum Gasteiger partial charge on any atom is -0.423 e. The summed E-state index contributed by atoms with van der Waals surface area (Å²) in [5.74, 6) is -0.0542. The number of halogens is 3. The monoisotopic (exact) mass is 445 g/mol. The zero-order valence-corrected chi connectivity index (χ0v) is 18.3. The lowest BCUT2D eigenvalue weighted by molar-refractivity contribution is -0.192. The molecule has 0 bridgehead atoms. The van der Waals surface area contributed by atoms with Crippen LogP contribution in [0.5, 0.6) is 5.75 Å². The minimum absolute atomic E-state index is 0.0640. The number of carbonyl (C=O) groups excluding carboxylic acids is 1. The first kappa shape index (κ1) is 20.5. The molecule has 4 atom stereocenters. The Kier molecular flexibility index (Phi) is 5.55. The number of anilines is 1. The van der Waals surface area contributed by atoms with Crippen LogP contribution in [0.25, 0.3) is 11.1 Å². The van der Waals surface area contributed by atoms with E-state index in [1.807, 2.05) is 0 Å². The summed E-state index contributed by atoms with van der Waals surface area (Å²) in [5.41, 5.74) is 0.752. The molecule has 3 nitrogen and oxygen atoms in total. The van der Waals surface area contributed by atoms with E-state index in [-0.39, 0.29) is 23.5 Å². The number of fused-ring (bicyclic) bond motifs is 1. The first-order valence-corrected chi connectivity index (χ1v) is 9.78. The van der Waals surface area contributed by atoms with Gasteiger partial charge in [-0.3, -0.25) is 9.69 Å². The summed E-state index contributed by atoms with van der Waals surface area (Å²) in [6, 6.07) is 4.51. The molecule has 0 fully saturated rings. The summed E-state index contributed by atoms with van der Waals surface area (Å²) in [4.78, 5) is 12.8. The fourth-order valence-electron chi connectivity index (χ4n) is 2.77. The molecule has 2 aromatic carbocycles. The van der Waals surface area contributed by atoms with Crippen LogP contribution in [0.3, 0.4) is 0 Å². The molecule has 2 aromatic rings. The van der Waals surface area contributed by atoms with Crippen LogP contribution in [0.4, 0.5) is 18.9 Å². The molecular formula is C17H14F3NO2P4. The van der Waals surface area contributed by atoms with E-state index in [0.29, 0.717) is 26.8 Å². The Balaban J connectivity index is 2.28. The molecule has 1 amide bonds. The average molecular weight is 445 g/mol. The van der Waals surface area contributed by atoms with Gasteiger partial charge in [0.2, 0.25) is 0 Å². The fourth-order valence-corrected chi connectivity index (χ4v) is 4.34. The van der Waals surface area contributed by atoms with Crippen LogP contribution >= 0.6 is 37.0 Å². The maximum atomic E-state index is 14.9. The van der Waals surface area contributed by atoms with Gasteiger partial charge in [0.25, 0.3) is 0 Å². The van der Waals surface area contributed by atoms with Gasteiger partial charge in [-0.2, -0.15) is 8.78 Å². The Morgan fingerprint density at radius 1 is 1.11 bits per heavy atom. The molecule has 4 unspecified atom stereocenters. The van der Waals surface area contributed by atoms with Crippen molar-refractivity contribution in [3.63, 3.8) is 0 Å². The SMILES string of the molecule is C#CCN1C(=O)C(F)(F)Oc2cc(P)c(-c3c(P)cc(P)c(P)c3F)cc21. The first-order chi connectivity index (χ1) is 12.6. The molecule has 27 heavy (non-hydrogen) atoms. The second kappa shape index (κ2) is 7.31. The Hall–Kier alpha value is -1.22. The van der Waals surface area contributed by atoms with Crippen molar-refractivity contribution in [1.82, 2.24) is 0 Å². The van der Waals surface area contributed by atoms with Crippen molar-refractivity contribution < 1.29 is 22.7 Å². The second-order valence-corrected chi connectivity index (χ2v) is 8.22. The highest BCUT2D eigenvalue weighted by atomic mass is 31.0. The van der Waals surface area contributed by atoms with Crippen LogP contribution in [0, 0.1) is 18.2 Å². The maximum Gasteiger partial charge on any atom is 0.483 e. The zero-order valence-electron chi connectivity index (χ0n) is 13.7. The Bertz CT molecular complexity index is 1020. The zero-order chi connectivity index (χ0) is 20.1. The van der Waals surface area contributed by atoms with Crippen molar-refractivity contribution in [3.8, 4) is 29.2 Å². The Labute approximate surface area is 163 Å². The van der Waals surface area contributed by atoms with Gasteiger partial charge in [0.05, 0.1) is 12.2 Å². The lowest BCUT2D eigenvalue weighted by atomic mass is 10.0. The van der Waals surface area contributed by atoms with E-state index in [1.165, 1.54) is 12.1 Å². The molecule has 140 valence electrons. The average Bonchev–Trinajstić information content (AvgIpc) is 2.58. The number of nitrogens with zero attached hydrogens (tertiary/aromatic N) is 1. The number of hydrogen-bond donors (Lipinski definition) is 0. The summed E-state index contributed by atoms with van der Waals surface area (Å²) in [6.45, 7) is -0.365. The number of benzene rings is 2. The van der Waals surface area contributed by atoms with E-state index >= 15 is 0 Å². The third-order valence-corrected chi connectivity index (χ3v) is 6.37. The third kappa shape index (κ3) is 3.48. The predicted octanol–water partition coefficient (Wildman–Crippen LogP) is 1.45. The number of carbonyl (C=O) groups is 1. The van der Waals surface area contributed by atoms with Gasteiger partial charge >= 0.3 is 12.0 Å².